The summed E-state index contributed by atoms with van der Waals surface area (Å²) >= 11 is 0. The average Bonchev–Trinajstić information content (AvgIpc) is 3.03. The summed E-state index contributed by atoms with van der Waals surface area (Å²) in [6, 6.07) is 21.5. The van der Waals surface area contributed by atoms with Gasteiger partial charge < -0.3 is 19.9 Å². The molecule has 232 valence electrons. The highest BCUT2D eigenvalue weighted by Crippen LogP contribution is 2.32. The van der Waals surface area contributed by atoms with Gasteiger partial charge in [0.05, 0.1) is 17.3 Å². The van der Waals surface area contributed by atoms with Crippen molar-refractivity contribution in [1.29, 1.82) is 0 Å². The molecule has 10 heteroatoms. The van der Waals surface area contributed by atoms with Crippen LogP contribution >= 0.6 is 0 Å². The number of aryl methyl sites for hydroxylation is 1. The van der Waals surface area contributed by atoms with E-state index in [0.717, 1.165) is 24.9 Å². The molecule has 44 heavy (non-hydrogen) atoms. The van der Waals surface area contributed by atoms with Crippen molar-refractivity contribution < 1.29 is 27.5 Å². The summed E-state index contributed by atoms with van der Waals surface area (Å²) < 4.78 is 31.0. The maximum Gasteiger partial charge on any atom is 0.253 e. The second kappa shape index (κ2) is 14.1. The van der Waals surface area contributed by atoms with Gasteiger partial charge in [0, 0.05) is 49.4 Å². The highest BCUT2D eigenvalue weighted by Gasteiger charge is 2.33. The predicted octanol–water partition coefficient (Wildman–Crippen LogP) is 5.25. The van der Waals surface area contributed by atoms with Gasteiger partial charge in [0.25, 0.3) is 5.91 Å². The van der Waals surface area contributed by atoms with Crippen molar-refractivity contribution in [3.8, 4) is 5.75 Å². The maximum atomic E-state index is 13.2. The molecule has 5 rings (SSSR count). The smallest absolute Gasteiger partial charge is 0.253 e. The molecule has 2 aliphatic heterocycles. The average molecular weight is 618 g/mol. The van der Waals surface area contributed by atoms with E-state index in [1.54, 1.807) is 36.4 Å². The van der Waals surface area contributed by atoms with Gasteiger partial charge in [-0.1, -0.05) is 18.2 Å². The van der Waals surface area contributed by atoms with Crippen molar-refractivity contribution in [2.45, 2.75) is 62.8 Å². The third-order valence-corrected chi connectivity index (χ3v) is 10.0. The Kier molecular flexibility index (Phi) is 9.99. The molecule has 3 amide bonds. The minimum Gasteiger partial charge on any atom is -0.494 e. The summed E-state index contributed by atoms with van der Waals surface area (Å²) in [4.78, 5) is 41.1. The lowest BCUT2D eigenvalue weighted by Gasteiger charge is -2.41. The lowest BCUT2D eigenvalue weighted by molar-refractivity contribution is -0.119. The number of piperidine rings is 1. The van der Waals surface area contributed by atoms with Gasteiger partial charge in [-0.25, -0.2) is 8.42 Å². The number of amides is 3. The lowest BCUT2D eigenvalue weighted by atomic mass is 9.95. The highest BCUT2D eigenvalue weighted by atomic mass is 32.2. The Morgan fingerprint density at radius 1 is 0.886 bits per heavy atom. The molecule has 0 saturated carbocycles. The summed E-state index contributed by atoms with van der Waals surface area (Å²) in [7, 11) is -3.40. The number of unbranched alkanes of at least 4 members (excludes halogenated alkanes) is 2. The summed E-state index contributed by atoms with van der Waals surface area (Å²) in [5.41, 5.74) is 3.39. The lowest BCUT2D eigenvalue weighted by Crippen LogP contribution is -2.50. The molecule has 0 atom stereocenters. The van der Waals surface area contributed by atoms with Crippen LogP contribution < -0.4 is 15.0 Å². The van der Waals surface area contributed by atoms with Crippen molar-refractivity contribution in [3.63, 3.8) is 0 Å². The first-order valence-corrected chi connectivity index (χ1v) is 16.9. The van der Waals surface area contributed by atoms with Gasteiger partial charge >= 0.3 is 0 Å². The zero-order valence-corrected chi connectivity index (χ0v) is 25.9. The van der Waals surface area contributed by atoms with Crippen molar-refractivity contribution in [2.75, 3.05) is 35.7 Å². The number of likely N-dealkylation sites (tertiary alicyclic amines) is 1. The molecule has 0 bridgehead atoms. The summed E-state index contributed by atoms with van der Waals surface area (Å²) in [5.74, 6) is 0.641. The molecule has 0 radical (unpaired) electrons. The van der Waals surface area contributed by atoms with Crippen LogP contribution in [0.4, 0.5) is 11.4 Å². The standard InChI is InChI=1S/C34H39N3O6S/c1-25(38)35-28-12-16-31(17-13-28)44(41,42)24-6-2-5-23-43-30-14-9-27(10-15-30)34(40)36-21-19-29(20-22-36)37-32-8-4-3-7-26(32)11-18-33(37)39/h3-4,7-10,12-17,29H,2,5-6,11,18-24H2,1H3,(H,35,38). The maximum absolute atomic E-state index is 13.2. The van der Waals surface area contributed by atoms with Crippen molar-refractivity contribution in [1.82, 2.24) is 4.90 Å². The van der Waals surface area contributed by atoms with Gasteiger partial charge in [-0.3, -0.25) is 14.4 Å². The SMILES string of the molecule is CC(=O)Nc1ccc(S(=O)(=O)CCCCCOc2ccc(C(=O)N3CCC(N4C(=O)CCc5ccccc54)CC3)cc2)cc1. The normalized spacial score (nSPS) is 15.5. The number of para-hydroxylation sites is 1. The van der Waals surface area contributed by atoms with Gasteiger partial charge in [-0.2, -0.15) is 0 Å². The van der Waals surface area contributed by atoms with Gasteiger partial charge in [0.2, 0.25) is 11.8 Å². The van der Waals surface area contributed by atoms with E-state index in [1.807, 2.05) is 28.0 Å². The number of ether oxygens (including phenoxy) is 1. The monoisotopic (exact) mass is 617 g/mol. The Bertz CT molecular complexity index is 1580. The molecule has 3 aromatic carbocycles. The van der Waals surface area contributed by atoms with E-state index < -0.39 is 9.84 Å². The van der Waals surface area contributed by atoms with Crippen LogP contribution in [0.15, 0.2) is 77.7 Å². The van der Waals surface area contributed by atoms with Crippen LogP contribution in [0.5, 0.6) is 5.75 Å². The molecular weight excluding hydrogens is 578 g/mol. The fourth-order valence-corrected chi connectivity index (χ4v) is 7.26. The third-order valence-electron chi connectivity index (χ3n) is 8.21. The van der Waals surface area contributed by atoms with E-state index in [1.165, 1.54) is 24.6 Å². The largest absolute Gasteiger partial charge is 0.494 e. The van der Waals surface area contributed by atoms with Crippen molar-refractivity contribution in [3.05, 3.63) is 83.9 Å². The van der Waals surface area contributed by atoms with Crippen LogP contribution in [0.25, 0.3) is 0 Å². The van der Waals surface area contributed by atoms with E-state index in [4.69, 9.17) is 4.74 Å². The number of anilines is 2. The number of carbonyl (C=O) groups excluding carboxylic acids is 3. The number of hydrogen-bond donors (Lipinski definition) is 1. The molecule has 0 aromatic heterocycles. The molecule has 1 fully saturated rings. The quantitative estimate of drug-likeness (QED) is 0.294. The summed E-state index contributed by atoms with van der Waals surface area (Å²) in [6.45, 7) is 3.05. The number of sulfone groups is 1. The third kappa shape index (κ3) is 7.66. The minimum atomic E-state index is -3.40. The first-order chi connectivity index (χ1) is 21.2. The van der Waals surface area contributed by atoms with E-state index >= 15 is 0 Å². The summed E-state index contributed by atoms with van der Waals surface area (Å²) in [6.07, 6.45) is 4.73. The number of benzene rings is 3. The molecule has 2 aliphatic rings. The van der Waals surface area contributed by atoms with Gasteiger partial charge in [-0.05, 0) is 98.7 Å². The Balaban J connectivity index is 1.02. The molecular formula is C34H39N3O6S. The number of hydrogen-bond acceptors (Lipinski definition) is 6. The molecule has 0 unspecified atom stereocenters. The van der Waals surface area contributed by atoms with E-state index in [9.17, 15) is 22.8 Å². The van der Waals surface area contributed by atoms with E-state index in [-0.39, 0.29) is 34.4 Å². The highest BCUT2D eigenvalue weighted by molar-refractivity contribution is 7.91. The Hall–Kier alpha value is -4.18. The predicted molar refractivity (Wildman–Crippen MR) is 170 cm³/mol. The Morgan fingerprint density at radius 3 is 2.30 bits per heavy atom. The summed E-state index contributed by atoms with van der Waals surface area (Å²) in [5, 5.41) is 2.62. The second-order valence-corrected chi connectivity index (χ2v) is 13.5. The first-order valence-electron chi connectivity index (χ1n) is 15.2. The van der Waals surface area contributed by atoms with Crippen LogP contribution in [-0.2, 0) is 25.8 Å². The van der Waals surface area contributed by atoms with Crippen LogP contribution in [0, 0.1) is 0 Å². The number of nitrogens with one attached hydrogen (secondary N) is 1. The second-order valence-electron chi connectivity index (χ2n) is 11.4. The van der Waals surface area contributed by atoms with Gasteiger partial charge in [0.1, 0.15) is 5.75 Å². The molecule has 1 saturated heterocycles. The first kappa shape index (κ1) is 31.3. The Labute approximate surface area is 259 Å². The van der Waals surface area contributed by atoms with Crippen LogP contribution in [0.2, 0.25) is 0 Å². The topological polar surface area (TPSA) is 113 Å². The fraction of sp³-hybridized carbons (Fsp3) is 0.382. The molecule has 3 aromatic rings. The number of fused-ring (bicyclic) bond motifs is 1. The van der Waals surface area contributed by atoms with Crippen LogP contribution in [0.3, 0.4) is 0 Å². The zero-order valence-electron chi connectivity index (χ0n) is 25.0. The van der Waals surface area contributed by atoms with Crippen LogP contribution in [0.1, 0.15) is 61.4 Å². The minimum absolute atomic E-state index is 0.0219. The number of nitrogens with zero attached hydrogens (tertiary/aromatic N) is 2. The zero-order chi connectivity index (χ0) is 31.1. The molecule has 0 aliphatic carbocycles. The molecule has 2 heterocycles. The molecule has 1 N–H and O–H groups in total. The fourth-order valence-electron chi connectivity index (χ4n) is 5.89. The van der Waals surface area contributed by atoms with Crippen molar-refractivity contribution in [2.24, 2.45) is 0 Å². The van der Waals surface area contributed by atoms with E-state index in [0.29, 0.717) is 62.4 Å². The van der Waals surface area contributed by atoms with Gasteiger partial charge in [-0.15, -0.1) is 0 Å². The molecule has 0 spiro atoms. The van der Waals surface area contributed by atoms with Crippen molar-refractivity contribution >= 4 is 38.9 Å². The Morgan fingerprint density at radius 2 is 1.59 bits per heavy atom. The van der Waals surface area contributed by atoms with Crippen LogP contribution in [-0.4, -0.2) is 62.5 Å². The number of rotatable bonds is 11. The number of carbonyl (C=O) groups is 3. The van der Waals surface area contributed by atoms with E-state index in [2.05, 4.69) is 11.4 Å². The van der Waals surface area contributed by atoms with Gasteiger partial charge in [0.15, 0.2) is 9.84 Å². The molecule has 9 nitrogen and oxygen atoms in total.